The van der Waals surface area contributed by atoms with Crippen LogP contribution in [0.3, 0.4) is 0 Å². The average Bonchev–Trinajstić information content (AvgIpc) is 3.41. The number of aromatic nitrogens is 3. The monoisotopic (exact) mass is 483 g/mol. The standard InChI is InChI=1S/C25H30ClN5O3/c1-25(2,3)34-24(33)27-10-9-16-13-17(23(32)31-11-5-6-12-31)7-8-18(16)19-14-30(4)22-20(19)21(26)28-15-29-22/h7-8,13-15H,5-6,9-12H2,1-4H3,(H,27,33). The number of aryl methyl sites for hydroxylation is 1. The summed E-state index contributed by atoms with van der Waals surface area (Å²) in [6, 6.07) is 5.73. The molecule has 0 saturated carbocycles. The molecule has 3 heterocycles. The van der Waals surface area contributed by atoms with Gasteiger partial charge in [0.2, 0.25) is 0 Å². The third-order valence-electron chi connectivity index (χ3n) is 5.81. The van der Waals surface area contributed by atoms with Crippen molar-refractivity contribution < 1.29 is 14.3 Å². The van der Waals surface area contributed by atoms with E-state index in [0.717, 1.165) is 53.7 Å². The fourth-order valence-corrected chi connectivity index (χ4v) is 4.52. The van der Waals surface area contributed by atoms with Crippen molar-refractivity contribution >= 4 is 34.6 Å². The zero-order valence-corrected chi connectivity index (χ0v) is 20.8. The van der Waals surface area contributed by atoms with Crippen molar-refractivity contribution in [3.05, 3.63) is 47.0 Å². The normalized spacial score (nSPS) is 14.0. The zero-order valence-electron chi connectivity index (χ0n) is 20.0. The second-order valence-corrected chi connectivity index (χ2v) is 9.92. The van der Waals surface area contributed by atoms with E-state index in [0.29, 0.717) is 23.7 Å². The summed E-state index contributed by atoms with van der Waals surface area (Å²) in [6.45, 7) is 7.40. The molecule has 2 aromatic heterocycles. The summed E-state index contributed by atoms with van der Waals surface area (Å²) >= 11 is 6.45. The van der Waals surface area contributed by atoms with Gasteiger partial charge in [-0.3, -0.25) is 4.79 Å². The molecule has 0 unspecified atom stereocenters. The van der Waals surface area contributed by atoms with Crippen LogP contribution >= 0.6 is 11.6 Å². The fourth-order valence-electron chi connectivity index (χ4n) is 4.29. The predicted molar refractivity (Wildman–Crippen MR) is 132 cm³/mol. The first-order chi connectivity index (χ1) is 16.1. The number of alkyl carbamates (subject to hydrolysis) is 1. The SMILES string of the molecule is Cn1cc(-c2ccc(C(=O)N3CCCC3)cc2CCNC(=O)OC(C)(C)C)c2c(Cl)ncnc21. The molecule has 2 amide bonds. The molecule has 0 atom stereocenters. The van der Waals surface area contributed by atoms with Crippen molar-refractivity contribution in [1.29, 1.82) is 0 Å². The molecule has 9 heteroatoms. The molecule has 1 aliphatic heterocycles. The van der Waals surface area contributed by atoms with E-state index in [1.165, 1.54) is 6.33 Å². The molecule has 8 nitrogen and oxygen atoms in total. The van der Waals surface area contributed by atoms with Gasteiger partial charge in [-0.15, -0.1) is 0 Å². The summed E-state index contributed by atoms with van der Waals surface area (Å²) in [7, 11) is 1.91. The molecule has 34 heavy (non-hydrogen) atoms. The number of fused-ring (bicyclic) bond motifs is 1. The Morgan fingerprint density at radius 2 is 1.88 bits per heavy atom. The Morgan fingerprint density at radius 1 is 1.15 bits per heavy atom. The van der Waals surface area contributed by atoms with E-state index in [-0.39, 0.29) is 5.91 Å². The van der Waals surface area contributed by atoms with Gasteiger partial charge in [0.1, 0.15) is 22.7 Å². The Labute approximate surface area is 204 Å². The summed E-state index contributed by atoms with van der Waals surface area (Å²) in [4.78, 5) is 35.6. The molecule has 1 aromatic carbocycles. The molecule has 0 bridgehead atoms. The van der Waals surface area contributed by atoms with Gasteiger partial charge in [0, 0.05) is 44.0 Å². The Hall–Kier alpha value is -3.13. The Balaban J connectivity index is 1.68. The number of nitrogens with zero attached hydrogens (tertiary/aromatic N) is 4. The van der Waals surface area contributed by atoms with Crippen molar-refractivity contribution in [2.24, 2.45) is 7.05 Å². The quantitative estimate of drug-likeness (QED) is 0.536. The lowest BCUT2D eigenvalue weighted by molar-refractivity contribution is 0.0528. The molecule has 180 valence electrons. The number of ether oxygens (including phenoxy) is 1. The van der Waals surface area contributed by atoms with Gasteiger partial charge >= 0.3 is 6.09 Å². The molecular formula is C25H30ClN5O3. The van der Waals surface area contributed by atoms with Crippen molar-refractivity contribution in [3.8, 4) is 11.1 Å². The minimum atomic E-state index is -0.572. The van der Waals surface area contributed by atoms with Crippen molar-refractivity contribution in [1.82, 2.24) is 24.8 Å². The highest BCUT2D eigenvalue weighted by molar-refractivity contribution is 6.35. The maximum Gasteiger partial charge on any atom is 0.407 e. The van der Waals surface area contributed by atoms with E-state index in [4.69, 9.17) is 16.3 Å². The number of carbonyl (C=O) groups is 2. The lowest BCUT2D eigenvalue weighted by Gasteiger charge is -2.20. The number of likely N-dealkylation sites (tertiary alicyclic amines) is 1. The highest BCUT2D eigenvalue weighted by Crippen LogP contribution is 2.35. The first kappa shape index (κ1) is 24.0. The molecule has 1 N–H and O–H groups in total. The second-order valence-electron chi connectivity index (χ2n) is 9.57. The van der Waals surface area contributed by atoms with E-state index in [2.05, 4.69) is 15.3 Å². The summed E-state index contributed by atoms with van der Waals surface area (Å²) in [5.41, 5.74) is 3.53. The molecule has 1 saturated heterocycles. The van der Waals surface area contributed by atoms with Crippen LogP contribution in [0.4, 0.5) is 4.79 Å². The maximum absolute atomic E-state index is 13.0. The highest BCUT2D eigenvalue weighted by atomic mass is 35.5. The Morgan fingerprint density at radius 3 is 2.59 bits per heavy atom. The third-order valence-corrected chi connectivity index (χ3v) is 6.09. The number of halogens is 1. The van der Waals surface area contributed by atoms with E-state index < -0.39 is 11.7 Å². The van der Waals surface area contributed by atoms with Crippen LogP contribution < -0.4 is 5.32 Å². The third kappa shape index (κ3) is 5.17. The number of nitrogens with one attached hydrogen (secondary N) is 1. The minimum Gasteiger partial charge on any atom is -0.444 e. The zero-order chi connectivity index (χ0) is 24.5. The topological polar surface area (TPSA) is 89.4 Å². The van der Waals surface area contributed by atoms with E-state index in [1.807, 2.05) is 61.7 Å². The molecular weight excluding hydrogens is 454 g/mol. The van der Waals surface area contributed by atoms with E-state index >= 15 is 0 Å². The molecule has 4 rings (SSSR count). The number of hydrogen-bond donors (Lipinski definition) is 1. The Bertz CT molecular complexity index is 1230. The first-order valence-corrected chi connectivity index (χ1v) is 11.9. The molecule has 1 fully saturated rings. The van der Waals surface area contributed by atoms with Crippen molar-refractivity contribution in [2.45, 2.75) is 45.6 Å². The van der Waals surface area contributed by atoms with Gasteiger partial charge in [-0.2, -0.15) is 0 Å². The van der Waals surface area contributed by atoms with Crippen LogP contribution in [-0.2, 0) is 18.2 Å². The van der Waals surface area contributed by atoms with Crippen molar-refractivity contribution in [3.63, 3.8) is 0 Å². The second kappa shape index (κ2) is 9.62. The number of hydrogen-bond acceptors (Lipinski definition) is 5. The van der Waals surface area contributed by atoms with Crippen LogP contribution in [0.5, 0.6) is 0 Å². The van der Waals surface area contributed by atoms with Crippen LogP contribution in [0.2, 0.25) is 5.15 Å². The first-order valence-electron chi connectivity index (χ1n) is 11.5. The predicted octanol–water partition coefficient (Wildman–Crippen LogP) is 4.59. The van der Waals surface area contributed by atoms with Gasteiger partial charge in [-0.25, -0.2) is 14.8 Å². The van der Waals surface area contributed by atoms with Gasteiger partial charge < -0.3 is 19.5 Å². The highest BCUT2D eigenvalue weighted by Gasteiger charge is 2.22. The van der Waals surface area contributed by atoms with E-state index in [9.17, 15) is 9.59 Å². The number of carbonyl (C=O) groups excluding carboxylic acids is 2. The molecule has 0 aliphatic carbocycles. The summed E-state index contributed by atoms with van der Waals surface area (Å²) in [5, 5.41) is 3.94. The molecule has 3 aromatic rings. The number of benzene rings is 1. The summed E-state index contributed by atoms with van der Waals surface area (Å²) in [6.07, 6.45) is 5.51. The van der Waals surface area contributed by atoms with Gasteiger partial charge in [-0.1, -0.05) is 17.7 Å². The van der Waals surface area contributed by atoms with Crippen LogP contribution in [0.25, 0.3) is 22.2 Å². The fraction of sp³-hybridized carbons (Fsp3) is 0.440. The van der Waals surface area contributed by atoms with Crippen LogP contribution in [0, 0.1) is 0 Å². The van der Waals surface area contributed by atoms with E-state index in [1.54, 1.807) is 0 Å². The van der Waals surface area contributed by atoms with Crippen LogP contribution in [0.1, 0.15) is 49.5 Å². The number of rotatable bonds is 5. The number of amides is 2. The largest absolute Gasteiger partial charge is 0.444 e. The van der Waals surface area contributed by atoms with Gasteiger partial charge in [0.05, 0.1) is 5.39 Å². The Kier molecular flexibility index (Phi) is 6.79. The summed E-state index contributed by atoms with van der Waals surface area (Å²) in [5.74, 6) is 0.0321. The van der Waals surface area contributed by atoms with Crippen molar-refractivity contribution in [2.75, 3.05) is 19.6 Å². The van der Waals surface area contributed by atoms with Gasteiger partial charge in [0.15, 0.2) is 0 Å². The molecule has 0 radical (unpaired) electrons. The molecule has 1 aliphatic rings. The lowest BCUT2D eigenvalue weighted by atomic mass is 9.95. The smallest absolute Gasteiger partial charge is 0.407 e. The lowest BCUT2D eigenvalue weighted by Crippen LogP contribution is -2.33. The molecule has 0 spiro atoms. The van der Waals surface area contributed by atoms with Gasteiger partial charge in [-0.05, 0) is 63.3 Å². The van der Waals surface area contributed by atoms with Crippen LogP contribution in [0.15, 0.2) is 30.7 Å². The summed E-state index contributed by atoms with van der Waals surface area (Å²) < 4.78 is 7.26. The van der Waals surface area contributed by atoms with Gasteiger partial charge in [0.25, 0.3) is 5.91 Å². The minimum absolute atomic E-state index is 0.0321. The maximum atomic E-state index is 13.0. The van der Waals surface area contributed by atoms with Crippen LogP contribution in [-0.4, -0.2) is 56.7 Å². The average molecular weight is 484 g/mol.